The summed E-state index contributed by atoms with van der Waals surface area (Å²) in [6.07, 6.45) is 3.05. The standard InChI is InChI=1S/C14H17N3O2S2/c1-9-10(8-15)4-2-7-13(9)21(18,19)17-14-16-11-5-3-6-12(11)20-14/h2,4,7H,3,5-6,8,15H2,1H3,(H,16,17). The Labute approximate surface area is 128 Å². The fourth-order valence-electron chi connectivity index (χ4n) is 2.58. The van der Waals surface area contributed by atoms with Crippen LogP contribution in [0.5, 0.6) is 0 Å². The number of hydrogen-bond acceptors (Lipinski definition) is 5. The zero-order valence-corrected chi connectivity index (χ0v) is 13.4. The Morgan fingerprint density at radius 2 is 2.19 bits per heavy atom. The third-order valence-electron chi connectivity index (χ3n) is 3.72. The van der Waals surface area contributed by atoms with Gasteiger partial charge in [0.05, 0.1) is 10.6 Å². The highest BCUT2D eigenvalue weighted by molar-refractivity contribution is 7.93. The number of fused-ring (bicyclic) bond motifs is 1. The van der Waals surface area contributed by atoms with E-state index in [1.54, 1.807) is 19.1 Å². The molecule has 2 aromatic rings. The summed E-state index contributed by atoms with van der Waals surface area (Å²) in [4.78, 5) is 5.84. The Bertz CT molecular complexity index is 760. The van der Waals surface area contributed by atoms with Gasteiger partial charge in [-0.25, -0.2) is 13.4 Å². The molecule has 3 N–H and O–H groups in total. The summed E-state index contributed by atoms with van der Waals surface area (Å²) >= 11 is 1.43. The Morgan fingerprint density at radius 1 is 1.38 bits per heavy atom. The summed E-state index contributed by atoms with van der Waals surface area (Å²) in [5.41, 5.74) is 8.20. The summed E-state index contributed by atoms with van der Waals surface area (Å²) in [6, 6.07) is 5.15. The van der Waals surface area contributed by atoms with E-state index in [1.807, 2.05) is 6.07 Å². The summed E-state index contributed by atoms with van der Waals surface area (Å²) in [6.45, 7) is 2.10. The number of benzene rings is 1. The van der Waals surface area contributed by atoms with Gasteiger partial charge in [-0.05, 0) is 43.4 Å². The van der Waals surface area contributed by atoms with Gasteiger partial charge in [0.2, 0.25) is 0 Å². The first-order valence-corrected chi connectivity index (χ1v) is 9.11. The first-order valence-electron chi connectivity index (χ1n) is 6.81. The van der Waals surface area contributed by atoms with Crippen LogP contribution in [0.4, 0.5) is 5.13 Å². The fraction of sp³-hybridized carbons (Fsp3) is 0.357. The summed E-state index contributed by atoms with van der Waals surface area (Å²) in [5, 5.41) is 0.456. The second-order valence-corrected chi connectivity index (χ2v) is 7.83. The van der Waals surface area contributed by atoms with Gasteiger partial charge in [-0.15, -0.1) is 11.3 Å². The van der Waals surface area contributed by atoms with E-state index >= 15 is 0 Å². The molecular weight excluding hydrogens is 306 g/mol. The molecule has 112 valence electrons. The third kappa shape index (κ3) is 2.68. The number of thiazole rings is 1. The molecule has 0 aliphatic heterocycles. The molecule has 0 amide bonds. The summed E-state index contributed by atoms with van der Waals surface area (Å²) in [7, 11) is -3.62. The third-order valence-corrected chi connectivity index (χ3v) is 6.41. The lowest BCUT2D eigenvalue weighted by Gasteiger charge is -2.11. The number of sulfonamides is 1. The smallest absolute Gasteiger partial charge is 0.263 e. The first kappa shape index (κ1) is 14.5. The molecule has 0 atom stereocenters. The normalized spacial score (nSPS) is 14.2. The first-order chi connectivity index (χ1) is 10.0. The minimum Gasteiger partial charge on any atom is -0.326 e. The van der Waals surface area contributed by atoms with Crippen molar-refractivity contribution < 1.29 is 8.42 Å². The molecule has 1 aliphatic rings. The van der Waals surface area contributed by atoms with Gasteiger partial charge in [0.15, 0.2) is 5.13 Å². The Morgan fingerprint density at radius 3 is 2.90 bits per heavy atom. The van der Waals surface area contributed by atoms with Gasteiger partial charge in [0.1, 0.15) is 0 Å². The monoisotopic (exact) mass is 323 g/mol. The number of nitrogens with one attached hydrogen (secondary N) is 1. The van der Waals surface area contributed by atoms with Crippen LogP contribution in [-0.4, -0.2) is 13.4 Å². The topological polar surface area (TPSA) is 85.1 Å². The van der Waals surface area contributed by atoms with E-state index in [0.29, 0.717) is 17.2 Å². The van der Waals surface area contributed by atoms with Crippen LogP contribution in [0.1, 0.15) is 28.1 Å². The largest absolute Gasteiger partial charge is 0.326 e. The van der Waals surface area contributed by atoms with E-state index < -0.39 is 10.0 Å². The van der Waals surface area contributed by atoms with Gasteiger partial charge in [-0.3, -0.25) is 4.72 Å². The van der Waals surface area contributed by atoms with Crippen molar-refractivity contribution >= 4 is 26.5 Å². The van der Waals surface area contributed by atoms with Gasteiger partial charge >= 0.3 is 0 Å². The van der Waals surface area contributed by atoms with E-state index in [4.69, 9.17) is 5.73 Å². The molecule has 21 heavy (non-hydrogen) atoms. The van der Waals surface area contributed by atoms with Crippen LogP contribution in [0.2, 0.25) is 0 Å². The minimum atomic E-state index is -3.62. The highest BCUT2D eigenvalue weighted by atomic mass is 32.2. The van der Waals surface area contributed by atoms with Gasteiger partial charge in [0.25, 0.3) is 10.0 Å². The molecule has 0 saturated carbocycles. The van der Waals surface area contributed by atoms with Crippen LogP contribution in [0.25, 0.3) is 0 Å². The molecule has 1 heterocycles. The maximum atomic E-state index is 12.5. The molecule has 1 aromatic heterocycles. The van der Waals surface area contributed by atoms with Crippen molar-refractivity contribution in [3.8, 4) is 0 Å². The molecule has 7 heteroatoms. The van der Waals surface area contributed by atoms with E-state index in [0.717, 1.165) is 30.5 Å². The Hall–Kier alpha value is -1.44. The predicted molar refractivity (Wildman–Crippen MR) is 84.0 cm³/mol. The summed E-state index contributed by atoms with van der Waals surface area (Å²) in [5.74, 6) is 0. The fourth-order valence-corrected chi connectivity index (χ4v) is 5.15. The number of nitrogens with two attached hydrogens (primary N) is 1. The van der Waals surface area contributed by atoms with Crippen molar-refractivity contribution in [1.82, 2.24) is 4.98 Å². The SMILES string of the molecule is Cc1c(CN)cccc1S(=O)(=O)Nc1nc2c(s1)CCC2. The molecule has 0 saturated heterocycles. The quantitative estimate of drug-likeness (QED) is 0.903. The zero-order chi connectivity index (χ0) is 15.0. The Balaban J connectivity index is 1.93. The molecule has 0 unspecified atom stereocenters. The second-order valence-electron chi connectivity index (χ2n) is 5.09. The van der Waals surface area contributed by atoms with E-state index in [1.165, 1.54) is 16.2 Å². The molecule has 0 spiro atoms. The molecule has 0 fully saturated rings. The van der Waals surface area contributed by atoms with Crippen molar-refractivity contribution in [3.63, 3.8) is 0 Å². The van der Waals surface area contributed by atoms with Crippen LogP contribution < -0.4 is 10.5 Å². The number of rotatable bonds is 4. The number of aryl methyl sites for hydroxylation is 2. The van der Waals surface area contributed by atoms with Crippen molar-refractivity contribution in [2.45, 2.75) is 37.6 Å². The average molecular weight is 323 g/mol. The van der Waals surface area contributed by atoms with Crippen LogP contribution in [0, 0.1) is 6.92 Å². The molecule has 3 rings (SSSR count). The lowest BCUT2D eigenvalue weighted by atomic mass is 10.1. The number of anilines is 1. The van der Waals surface area contributed by atoms with E-state index in [2.05, 4.69) is 9.71 Å². The Kier molecular flexibility index (Phi) is 3.73. The van der Waals surface area contributed by atoms with Gasteiger partial charge in [-0.1, -0.05) is 12.1 Å². The van der Waals surface area contributed by atoms with Crippen LogP contribution in [0.3, 0.4) is 0 Å². The zero-order valence-electron chi connectivity index (χ0n) is 11.7. The van der Waals surface area contributed by atoms with E-state index in [9.17, 15) is 8.42 Å². The molecule has 0 bridgehead atoms. The van der Waals surface area contributed by atoms with Crippen LogP contribution in [0.15, 0.2) is 23.1 Å². The maximum Gasteiger partial charge on any atom is 0.263 e. The van der Waals surface area contributed by atoms with Crippen LogP contribution >= 0.6 is 11.3 Å². The molecule has 0 radical (unpaired) electrons. The maximum absolute atomic E-state index is 12.5. The molecule has 1 aliphatic carbocycles. The van der Waals surface area contributed by atoms with Gasteiger partial charge in [0, 0.05) is 11.4 Å². The van der Waals surface area contributed by atoms with Gasteiger partial charge in [-0.2, -0.15) is 0 Å². The lowest BCUT2D eigenvalue weighted by molar-refractivity contribution is 0.600. The molecular formula is C14H17N3O2S2. The van der Waals surface area contributed by atoms with Crippen molar-refractivity contribution in [1.29, 1.82) is 0 Å². The molecule has 1 aromatic carbocycles. The van der Waals surface area contributed by atoms with E-state index in [-0.39, 0.29) is 4.90 Å². The molecule has 5 nitrogen and oxygen atoms in total. The average Bonchev–Trinajstić information content (AvgIpc) is 2.99. The van der Waals surface area contributed by atoms with Crippen molar-refractivity contribution in [2.75, 3.05) is 4.72 Å². The highest BCUT2D eigenvalue weighted by Crippen LogP contribution is 2.32. The van der Waals surface area contributed by atoms with Crippen molar-refractivity contribution in [3.05, 3.63) is 39.9 Å². The number of nitrogens with zero attached hydrogens (tertiary/aromatic N) is 1. The van der Waals surface area contributed by atoms with Crippen LogP contribution in [-0.2, 0) is 29.4 Å². The lowest BCUT2D eigenvalue weighted by Crippen LogP contribution is -2.15. The predicted octanol–water partition coefficient (Wildman–Crippen LogP) is 2.20. The van der Waals surface area contributed by atoms with Gasteiger partial charge < -0.3 is 5.73 Å². The second kappa shape index (κ2) is 5.40. The number of aromatic nitrogens is 1. The minimum absolute atomic E-state index is 0.265. The summed E-state index contributed by atoms with van der Waals surface area (Å²) < 4.78 is 27.7. The highest BCUT2D eigenvalue weighted by Gasteiger charge is 2.22. The number of hydrogen-bond donors (Lipinski definition) is 2. The van der Waals surface area contributed by atoms with Crippen molar-refractivity contribution in [2.24, 2.45) is 5.73 Å².